The number of aryl methyl sites for hydroxylation is 1. The van der Waals surface area contributed by atoms with Gasteiger partial charge in [0.05, 0.1) is 38.8 Å². The molecule has 0 amide bonds. The number of oxazole rings is 1. The summed E-state index contributed by atoms with van der Waals surface area (Å²) in [5.41, 5.74) is 2.49. The standard InChI is InChI=1S/C24H16N4O2S2/c1-15-20(26-22(30-15)21-7-4-12-31-21)14-32-24-27-19-6-3-2-5-18(19)23(29)28(24)17-10-8-16(13-25)9-11-17/h2-12H,14H2,1H3. The van der Waals surface area contributed by atoms with Gasteiger partial charge in [0.25, 0.3) is 5.56 Å². The van der Waals surface area contributed by atoms with Crippen molar-refractivity contribution in [1.29, 1.82) is 5.26 Å². The summed E-state index contributed by atoms with van der Waals surface area (Å²) in [6.07, 6.45) is 0. The highest BCUT2D eigenvalue weighted by molar-refractivity contribution is 7.98. The lowest BCUT2D eigenvalue weighted by atomic mass is 10.2. The Morgan fingerprint density at radius 3 is 2.66 bits per heavy atom. The molecule has 0 spiro atoms. The smallest absolute Gasteiger partial charge is 0.266 e. The van der Waals surface area contributed by atoms with Gasteiger partial charge >= 0.3 is 0 Å². The number of aromatic nitrogens is 3. The number of benzene rings is 2. The number of para-hydroxylation sites is 1. The number of hydrogen-bond donors (Lipinski definition) is 0. The van der Waals surface area contributed by atoms with E-state index >= 15 is 0 Å². The van der Waals surface area contributed by atoms with Crippen molar-refractivity contribution < 1.29 is 4.42 Å². The molecule has 0 aliphatic heterocycles. The third-order valence-corrected chi connectivity index (χ3v) is 6.77. The summed E-state index contributed by atoms with van der Waals surface area (Å²) in [6.45, 7) is 1.89. The molecule has 32 heavy (non-hydrogen) atoms. The highest BCUT2D eigenvalue weighted by Gasteiger charge is 2.17. The third kappa shape index (κ3) is 3.73. The first-order valence-corrected chi connectivity index (χ1v) is 11.7. The van der Waals surface area contributed by atoms with Crippen LogP contribution in [0.4, 0.5) is 0 Å². The molecule has 0 fully saturated rings. The van der Waals surface area contributed by atoms with Crippen LogP contribution in [0.5, 0.6) is 0 Å². The summed E-state index contributed by atoms with van der Waals surface area (Å²) >= 11 is 3.00. The van der Waals surface area contributed by atoms with Crippen molar-refractivity contribution in [2.75, 3.05) is 0 Å². The second kappa shape index (κ2) is 8.46. The maximum atomic E-state index is 13.4. The molecule has 5 aromatic rings. The molecule has 0 unspecified atom stereocenters. The lowest BCUT2D eigenvalue weighted by molar-refractivity contribution is 0.542. The molecule has 8 heteroatoms. The zero-order valence-electron chi connectivity index (χ0n) is 17.0. The van der Waals surface area contributed by atoms with Gasteiger partial charge in [0, 0.05) is 5.75 Å². The molecular formula is C24H16N4O2S2. The minimum atomic E-state index is -0.154. The van der Waals surface area contributed by atoms with Crippen molar-refractivity contribution in [2.45, 2.75) is 17.8 Å². The second-order valence-electron chi connectivity index (χ2n) is 7.00. The summed E-state index contributed by atoms with van der Waals surface area (Å²) in [5, 5.41) is 12.2. The van der Waals surface area contributed by atoms with Crippen molar-refractivity contribution in [3.63, 3.8) is 0 Å². The van der Waals surface area contributed by atoms with Gasteiger partial charge in [-0.25, -0.2) is 9.97 Å². The average Bonchev–Trinajstić information content (AvgIpc) is 3.48. The highest BCUT2D eigenvalue weighted by Crippen LogP contribution is 2.30. The van der Waals surface area contributed by atoms with Crippen LogP contribution in [-0.2, 0) is 5.75 Å². The molecule has 0 saturated carbocycles. The fraction of sp³-hybridized carbons (Fsp3) is 0.0833. The molecule has 0 radical (unpaired) electrons. The van der Waals surface area contributed by atoms with Crippen molar-refractivity contribution >= 4 is 34.0 Å². The summed E-state index contributed by atoms with van der Waals surface area (Å²) in [7, 11) is 0. The summed E-state index contributed by atoms with van der Waals surface area (Å²) in [6, 6.07) is 20.2. The summed E-state index contributed by atoms with van der Waals surface area (Å²) in [4.78, 5) is 23.7. The topological polar surface area (TPSA) is 84.7 Å². The van der Waals surface area contributed by atoms with E-state index in [1.165, 1.54) is 11.8 Å². The first-order chi connectivity index (χ1) is 15.6. The van der Waals surface area contributed by atoms with Gasteiger partial charge in [-0.05, 0) is 54.8 Å². The van der Waals surface area contributed by atoms with E-state index in [0.717, 1.165) is 16.3 Å². The lowest BCUT2D eigenvalue weighted by Crippen LogP contribution is -2.21. The number of nitrogens with zero attached hydrogens (tertiary/aromatic N) is 4. The number of thioether (sulfide) groups is 1. The first kappa shape index (κ1) is 20.2. The molecular weight excluding hydrogens is 440 g/mol. The van der Waals surface area contributed by atoms with Gasteiger partial charge in [-0.1, -0.05) is 30.0 Å². The molecule has 3 heterocycles. The molecule has 156 valence electrons. The molecule has 6 nitrogen and oxygen atoms in total. The fourth-order valence-electron chi connectivity index (χ4n) is 3.32. The molecule has 0 N–H and O–H groups in total. The molecule has 0 aliphatic rings. The fourth-order valence-corrected chi connectivity index (χ4v) is 4.99. The van der Waals surface area contributed by atoms with Crippen LogP contribution in [-0.4, -0.2) is 14.5 Å². The predicted molar refractivity (Wildman–Crippen MR) is 126 cm³/mol. The Morgan fingerprint density at radius 2 is 1.91 bits per heavy atom. The van der Waals surface area contributed by atoms with E-state index in [9.17, 15) is 4.79 Å². The van der Waals surface area contributed by atoms with E-state index in [-0.39, 0.29) is 5.56 Å². The normalized spacial score (nSPS) is 11.0. The minimum Gasteiger partial charge on any atom is -0.440 e. The lowest BCUT2D eigenvalue weighted by Gasteiger charge is -2.13. The largest absolute Gasteiger partial charge is 0.440 e. The third-order valence-electron chi connectivity index (χ3n) is 4.96. The van der Waals surface area contributed by atoms with Crippen molar-refractivity contribution in [3.8, 4) is 22.5 Å². The predicted octanol–water partition coefficient (Wildman–Crippen LogP) is 5.57. The Bertz CT molecular complexity index is 1510. The van der Waals surface area contributed by atoms with E-state index in [4.69, 9.17) is 14.7 Å². The molecule has 2 aromatic carbocycles. The Hall–Kier alpha value is -3.67. The summed E-state index contributed by atoms with van der Waals surface area (Å²) < 4.78 is 7.44. The average molecular weight is 457 g/mol. The van der Waals surface area contributed by atoms with E-state index in [0.29, 0.717) is 39.0 Å². The monoisotopic (exact) mass is 456 g/mol. The Labute approximate surface area is 191 Å². The van der Waals surface area contributed by atoms with Crippen LogP contribution >= 0.6 is 23.1 Å². The molecule has 0 saturated heterocycles. The van der Waals surface area contributed by atoms with Gasteiger partial charge in [0.1, 0.15) is 5.76 Å². The van der Waals surface area contributed by atoms with Crippen LogP contribution in [0.1, 0.15) is 17.0 Å². The number of fused-ring (bicyclic) bond motifs is 1. The maximum absolute atomic E-state index is 13.4. The molecule has 3 aromatic heterocycles. The van der Waals surface area contributed by atoms with Crippen molar-refractivity contribution in [1.82, 2.24) is 14.5 Å². The summed E-state index contributed by atoms with van der Waals surface area (Å²) in [5.74, 6) is 1.85. The van der Waals surface area contributed by atoms with Crippen molar-refractivity contribution in [2.24, 2.45) is 0 Å². The number of hydrogen-bond acceptors (Lipinski definition) is 7. The highest BCUT2D eigenvalue weighted by atomic mass is 32.2. The second-order valence-corrected chi connectivity index (χ2v) is 8.89. The number of thiophene rings is 1. The SMILES string of the molecule is Cc1oc(-c2cccs2)nc1CSc1nc2ccccc2c(=O)n1-c1ccc(C#N)cc1. The Morgan fingerprint density at radius 1 is 1.09 bits per heavy atom. The quantitative estimate of drug-likeness (QED) is 0.254. The van der Waals surface area contributed by atoms with Gasteiger partial charge in [-0.2, -0.15) is 5.26 Å². The van der Waals surface area contributed by atoms with Gasteiger partial charge in [0.15, 0.2) is 5.16 Å². The van der Waals surface area contributed by atoms with E-state index < -0.39 is 0 Å². The van der Waals surface area contributed by atoms with E-state index in [2.05, 4.69) is 11.1 Å². The van der Waals surface area contributed by atoms with E-state index in [1.807, 2.05) is 42.6 Å². The van der Waals surface area contributed by atoms with Crippen LogP contribution in [0.2, 0.25) is 0 Å². The van der Waals surface area contributed by atoms with Gasteiger partial charge < -0.3 is 4.42 Å². The molecule has 0 atom stereocenters. The van der Waals surface area contributed by atoms with E-state index in [1.54, 1.807) is 46.2 Å². The van der Waals surface area contributed by atoms with Crippen LogP contribution in [0, 0.1) is 18.3 Å². The van der Waals surface area contributed by atoms with Crippen molar-refractivity contribution in [3.05, 3.63) is 93.4 Å². The van der Waals surface area contributed by atoms with Crippen LogP contribution in [0.15, 0.2) is 80.4 Å². The van der Waals surface area contributed by atoms with Crippen LogP contribution < -0.4 is 5.56 Å². The van der Waals surface area contributed by atoms with Gasteiger partial charge in [-0.3, -0.25) is 9.36 Å². The minimum absolute atomic E-state index is 0.154. The van der Waals surface area contributed by atoms with Crippen LogP contribution in [0.25, 0.3) is 27.4 Å². The van der Waals surface area contributed by atoms with Crippen LogP contribution in [0.3, 0.4) is 0 Å². The number of rotatable bonds is 5. The van der Waals surface area contributed by atoms with Gasteiger partial charge in [-0.15, -0.1) is 11.3 Å². The maximum Gasteiger partial charge on any atom is 0.266 e. The first-order valence-electron chi connectivity index (χ1n) is 9.79. The Balaban J connectivity index is 1.56. The zero-order chi connectivity index (χ0) is 22.1. The molecule has 0 bridgehead atoms. The zero-order valence-corrected chi connectivity index (χ0v) is 18.6. The Kier molecular flexibility index (Phi) is 5.35. The molecule has 5 rings (SSSR count). The van der Waals surface area contributed by atoms with Gasteiger partial charge in [0.2, 0.25) is 5.89 Å². The molecule has 0 aliphatic carbocycles. The number of nitriles is 1.